The van der Waals surface area contributed by atoms with Crippen molar-refractivity contribution in [3.8, 4) is 0 Å². The molecular formula is C11H6BrCl2N5. The standard InChI is InChI=1S/C11H6BrCl2N5/c12-6-3-5(13)1-2-7(6)17-10-8-9(16-4-15-8)18-11(14)19-10/h1-4H,(H2,15,16,17,18,19). The van der Waals surface area contributed by atoms with Gasteiger partial charge in [-0.3, -0.25) is 0 Å². The average Bonchev–Trinajstić information content (AvgIpc) is 2.80. The third-order valence-corrected chi connectivity index (χ3v) is 3.50. The summed E-state index contributed by atoms with van der Waals surface area (Å²) in [5.74, 6) is 0.551. The third-order valence-electron chi connectivity index (χ3n) is 2.44. The number of anilines is 2. The first kappa shape index (κ1) is 12.7. The number of nitrogens with one attached hydrogen (secondary N) is 2. The van der Waals surface area contributed by atoms with E-state index < -0.39 is 0 Å². The Morgan fingerprint density at radius 3 is 2.84 bits per heavy atom. The molecule has 96 valence electrons. The fraction of sp³-hybridized carbons (Fsp3) is 0. The van der Waals surface area contributed by atoms with Crippen LogP contribution in [0.25, 0.3) is 11.2 Å². The number of hydrogen-bond donors (Lipinski definition) is 2. The summed E-state index contributed by atoms with van der Waals surface area (Å²) in [5.41, 5.74) is 2.01. The van der Waals surface area contributed by atoms with Gasteiger partial charge in [-0.05, 0) is 45.7 Å². The molecular weight excluding hydrogens is 353 g/mol. The summed E-state index contributed by atoms with van der Waals surface area (Å²) in [7, 11) is 0. The summed E-state index contributed by atoms with van der Waals surface area (Å²) in [6.07, 6.45) is 1.54. The van der Waals surface area contributed by atoms with E-state index in [0.29, 0.717) is 22.0 Å². The number of aromatic nitrogens is 4. The fourth-order valence-corrected chi connectivity index (χ4v) is 2.56. The molecule has 2 N–H and O–H groups in total. The van der Waals surface area contributed by atoms with Gasteiger partial charge in [-0.1, -0.05) is 11.6 Å². The van der Waals surface area contributed by atoms with Crippen LogP contribution in [0.1, 0.15) is 0 Å². The van der Waals surface area contributed by atoms with Crippen LogP contribution in [0.5, 0.6) is 0 Å². The van der Waals surface area contributed by atoms with Gasteiger partial charge in [0.05, 0.1) is 12.0 Å². The van der Waals surface area contributed by atoms with Crippen LogP contribution in [0, 0.1) is 0 Å². The number of benzene rings is 1. The third kappa shape index (κ3) is 2.51. The molecule has 2 heterocycles. The summed E-state index contributed by atoms with van der Waals surface area (Å²) in [5, 5.41) is 3.93. The van der Waals surface area contributed by atoms with E-state index in [9.17, 15) is 0 Å². The molecule has 1 aromatic carbocycles. The van der Waals surface area contributed by atoms with Crippen molar-refractivity contribution in [1.29, 1.82) is 0 Å². The van der Waals surface area contributed by atoms with Gasteiger partial charge in [-0.15, -0.1) is 0 Å². The van der Waals surface area contributed by atoms with E-state index in [1.54, 1.807) is 12.1 Å². The van der Waals surface area contributed by atoms with Gasteiger partial charge >= 0.3 is 0 Å². The number of aromatic amines is 1. The zero-order valence-electron chi connectivity index (χ0n) is 9.28. The molecule has 0 amide bonds. The van der Waals surface area contributed by atoms with E-state index >= 15 is 0 Å². The van der Waals surface area contributed by atoms with Crippen LogP contribution in [0.2, 0.25) is 10.3 Å². The van der Waals surface area contributed by atoms with E-state index in [-0.39, 0.29) is 5.28 Å². The predicted octanol–water partition coefficient (Wildman–Crippen LogP) is 4.17. The lowest BCUT2D eigenvalue weighted by atomic mass is 10.3. The highest BCUT2D eigenvalue weighted by atomic mass is 79.9. The molecule has 3 rings (SSSR count). The topological polar surface area (TPSA) is 66.5 Å². The largest absolute Gasteiger partial charge is 0.340 e. The van der Waals surface area contributed by atoms with E-state index in [4.69, 9.17) is 23.2 Å². The second-order valence-corrected chi connectivity index (χ2v) is 5.32. The lowest BCUT2D eigenvalue weighted by Crippen LogP contribution is -1.97. The Hall–Kier alpha value is -1.37. The molecule has 3 aromatic rings. The molecule has 0 bridgehead atoms. The van der Waals surface area contributed by atoms with Crippen LogP contribution in [0.4, 0.5) is 11.5 Å². The van der Waals surface area contributed by atoms with Crippen LogP contribution in [0.3, 0.4) is 0 Å². The molecule has 0 fully saturated rings. The first-order valence-corrected chi connectivity index (χ1v) is 6.77. The van der Waals surface area contributed by atoms with Crippen molar-refractivity contribution in [3.63, 3.8) is 0 Å². The minimum atomic E-state index is 0.132. The van der Waals surface area contributed by atoms with Crippen LogP contribution < -0.4 is 5.32 Å². The number of imidazole rings is 1. The van der Waals surface area contributed by atoms with Gasteiger partial charge in [0.15, 0.2) is 11.5 Å². The van der Waals surface area contributed by atoms with Crippen molar-refractivity contribution < 1.29 is 0 Å². The summed E-state index contributed by atoms with van der Waals surface area (Å²) in [6, 6.07) is 5.41. The van der Waals surface area contributed by atoms with Crippen LogP contribution in [0.15, 0.2) is 29.0 Å². The Kier molecular flexibility index (Phi) is 3.30. The van der Waals surface area contributed by atoms with Crippen LogP contribution >= 0.6 is 39.1 Å². The number of hydrogen-bond acceptors (Lipinski definition) is 4. The Morgan fingerprint density at radius 1 is 1.21 bits per heavy atom. The molecule has 0 unspecified atom stereocenters. The zero-order chi connectivity index (χ0) is 13.4. The number of H-pyrrole nitrogens is 1. The van der Waals surface area contributed by atoms with E-state index in [2.05, 4.69) is 41.2 Å². The molecule has 0 aliphatic rings. The quantitative estimate of drug-likeness (QED) is 0.675. The summed E-state index contributed by atoms with van der Waals surface area (Å²) in [6.45, 7) is 0. The number of rotatable bonds is 2. The highest BCUT2D eigenvalue weighted by Crippen LogP contribution is 2.30. The number of nitrogens with zero attached hydrogens (tertiary/aromatic N) is 3. The molecule has 19 heavy (non-hydrogen) atoms. The molecule has 5 nitrogen and oxygen atoms in total. The fourth-order valence-electron chi connectivity index (χ4n) is 1.62. The van der Waals surface area contributed by atoms with Crippen molar-refractivity contribution in [1.82, 2.24) is 19.9 Å². The van der Waals surface area contributed by atoms with Gasteiger partial charge in [0, 0.05) is 9.50 Å². The number of fused-ring (bicyclic) bond motifs is 1. The van der Waals surface area contributed by atoms with Gasteiger partial charge in [-0.25, -0.2) is 4.98 Å². The molecule has 0 saturated carbocycles. The van der Waals surface area contributed by atoms with Crippen molar-refractivity contribution in [3.05, 3.63) is 39.3 Å². The van der Waals surface area contributed by atoms with Crippen molar-refractivity contribution in [2.75, 3.05) is 5.32 Å². The lowest BCUT2D eigenvalue weighted by Gasteiger charge is -2.08. The Bertz CT molecular complexity index is 758. The summed E-state index contributed by atoms with van der Waals surface area (Å²) >= 11 is 15.2. The minimum Gasteiger partial charge on any atom is -0.340 e. The summed E-state index contributed by atoms with van der Waals surface area (Å²) in [4.78, 5) is 15.2. The monoisotopic (exact) mass is 357 g/mol. The van der Waals surface area contributed by atoms with E-state index in [1.807, 2.05) is 6.07 Å². The smallest absolute Gasteiger partial charge is 0.226 e. The molecule has 0 radical (unpaired) electrons. The van der Waals surface area contributed by atoms with Crippen LogP contribution in [-0.4, -0.2) is 19.9 Å². The van der Waals surface area contributed by atoms with Gasteiger partial charge in [0.1, 0.15) is 5.52 Å². The first-order valence-electron chi connectivity index (χ1n) is 5.22. The Labute approximate surface area is 126 Å². The Morgan fingerprint density at radius 2 is 2.05 bits per heavy atom. The van der Waals surface area contributed by atoms with Gasteiger partial charge in [0.25, 0.3) is 0 Å². The molecule has 0 aliphatic heterocycles. The highest BCUT2D eigenvalue weighted by Gasteiger charge is 2.10. The zero-order valence-corrected chi connectivity index (χ0v) is 12.4. The molecule has 0 aliphatic carbocycles. The second kappa shape index (κ2) is 4.96. The highest BCUT2D eigenvalue weighted by molar-refractivity contribution is 9.10. The normalized spacial score (nSPS) is 10.9. The lowest BCUT2D eigenvalue weighted by molar-refractivity contribution is 1.20. The minimum absolute atomic E-state index is 0.132. The van der Waals surface area contributed by atoms with E-state index in [0.717, 1.165) is 10.2 Å². The molecule has 2 aromatic heterocycles. The molecule has 0 spiro atoms. The van der Waals surface area contributed by atoms with Gasteiger partial charge in [0.2, 0.25) is 5.28 Å². The number of halogens is 3. The molecule has 0 saturated heterocycles. The SMILES string of the molecule is Clc1ccc(Nc2nc(Cl)nc3nc[nH]c23)c(Br)c1. The molecule has 0 atom stereocenters. The maximum absolute atomic E-state index is 5.90. The van der Waals surface area contributed by atoms with Crippen molar-refractivity contribution >= 4 is 61.8 Å². The predicted molar refractivity (Wildman–Crippen MR) is 79.1 cm³/mol. The van der Waals surface area contributed by atoms with Crippen molar-refractivity contribution in [2.45, 2.75) is 0 Å². The molecule has 8 heteroatoms. The van der Waals surface area contributed by atoms with Crippen molar-refractivity contribution in [2.24, 2.45) is 0 Å². The first-order chi connectivity index (χ1) is 9.13. The second-order valence-electron chi connectivity index (χ2n) is 3.69. The maximum atomic E-state index is 5.90. The maximum Gasteiger partial charge on any atom is 0.226 e. The average molecular weight is 359 g/mol. The summed E-state index contributed by atoms with van der Waals surface area (Å²) < 4.78 is 0.822. The van der Waals surface area contributed by atoms with Crippen LogP contribution in [-0.2, 0) is 0 Å². The van der Waals surface area contributed by atoms with Gasteiger partial charge < -0.3 is 10.3 Å². The Balaban J connectivity index is 2.07. The van der Waals surface area contributed by atoms with Gasteiger partial charge in [-0.2, -0.15) is 9.97 Å². The van der Waals surface area contributed by atoms with E-state index in [1.165, 1.54) is 6.33 Å².